The second kappa shape index (κ2) is 5.13. The van der Waals surface area contributed by atoms with Crippen molar-refractivity contribution in [1.29, 1.82) is 0 Å². The van der Waals surface area contributed by atoms with Crippen LogP contribution in [-0.2, 0) is 11.3 Å². The second-order valence-corrected chi connectivity index (χ2v) is 6.84. The van der Waals surface area contributed by atoms with E-state index in [1.54, 1.807) is 0 Å². The van der Waals surface area contributed by atoms with Gasteiger partial charge in [0.2, 0.25) is 5.91 Å². The van der Waals surface area contributed by atoms with Gasteiger partial charge in [-0.25, -0.2) is 0 Å². The molecule has 116 valence electrons. The number of hydrogen-bond acceptors (Lipinski definition) is 2. The van der Waals surface area contributed by atoms with Crippen molar-refractivity contribution in [2.24, 2.45) is 0 Å². The standard InChI is InChI=1S/C18H23N3O/c1-20-17(22)6-7-18(20)8-10-21(11-9-18)13-15-12-14-4-2-3-5-16(14)19-15/h2-5,12,19H,6-11,13H2,1H3. The van der Waals surface area contributed by atoms with Crippen molar-refractivity contribution in [2.45, 2.75) is 37.8 Å². The van der Waals surface area contributed by atoms with Crippen LogP contribution < -0.4 is 0 Å². The number of para-hydroxylation sites is 1. The van der Waals surface area contributed by atoms with Crippen molar-refractivity contribution in [3.63, 3.8) is 0 Å². The van der Waals surface area contributed by atoms with Crippen LogP contribution in [0, 0.1) is 0 Å². The summed E-state index contributed by atoms with van der Waals surface area (Å²) in [5.74, 6) is 0.323. The molecule has 0 aliphatic carbocycles. The number of benzene rings is 1. The fraction of sp³-hybridized carbons (Fsp3) is 0.500. The largest absolute Gasteiger partial charge is 0.357 e. The Bertz CT molecular complexity index is 664. The monoisotopic (exact) mass is 297 g/mol. The van der Waals surface area contributed by atoms with Gasteiger partial charge in [0.25, 0.3) is 0 Å². The molecule has 1 N–H and O–H groups in total. The van der Waals surface area contributed by atoms with E-state index >= 15 is 0 Å². The van der Waals surface area contributed by atoms with E-state index in [1.807, 2.05) is 11.9 Å². The van der Waals surface area contributed by atoms with Gasteiger partial charge in [0, 0.05) is 49.9 Å². The van der Waals surface area contributed by atoms with E-state index in [0.717, 1.165) is 45.3 Å². The summed E-state index contributed by atoms with van der Waals surface area (Å²) in [6, 6.07) is 10.7. The fourth-order valence-corrected chi connectivity index (χ4v) is 4.11. The molecule has 4 heteroatoms. The van der Waals surface area contributed by atoms with Gasteiger partial charge in [-0.2, -0.15) is 0 Å². The summed E-state index contributed by atoms with van der Waals surface area (Å²) < 4.78 is 0. The molecule has 3 heterocycles. The van der Waals surface area contributed by atoms with Crippen molar-refractivity contribution >= 4 is 16.8 Å². The van der Waals surface area contributed by atoms with Crippen LogP contribution in [0.3, 0.4) is 0 Å². The molecule has 2 saturated heterocycles. The lowest BCUT2D eigenvalue weighted by Crippen LogP contribution is -2.51. The average Bonchev–Trinajstić information content (AvgIpc) is 3.06. The highest BCUT2D eigenvalue weighted by molar-refractivity contribution is 5.80. The maximum Gasteiger partial charge on any atom is 0.222 e. The Morgan fingerprint density at radius 3 is 2.64 bits per heavy atom. The number of carbonyl (C=O) groups excluding carboxylic acids is 1. The quantitative estimate of drug-likeness (QED) is 0.926. The minimum absolute atomic E-state index is 0.147. The molecule has 0 saturated carbocycles. The summed E-state index contributed by atoms with van der Waals surface area (Å²) in [6.07, 6.45) is 3.99. The average molecular weight is 297 g/mol. The summed E-state index contributed by atoms with van der Waals surface area (Å²) in [4.78, 5) is 19.9. The van der Waals surface area contributed by atoms with Gasteiger partial charge in [0.05, 0.1) is 0 Å². The number of aromatic nitrogens is 1. The Hall–Kier alpha value is -1.81. The topological polar surface area (TPSA) is 39.3 Å². The van der Waals surface area contributed by atoms with E-state index in [1.165, 1.54) is 16.6 Å². The molecule has 0 unspecified atom stereocenters. The summed E-state index contributed by atoms with van der Waals surface area (Å²) in [7, 11) is 1.99. The Balaban J connectivity index is 1.43. The Labute approximate surface area is 131 Å². The van der Waals surface area contributed by atoms with Crippen LogP contribution in [0.1, 0.15) is 31.4 Å². The first kappa shape index (κ1) is 13.8. The minimum Gasteiger partial charge on any atom is -0.357 e. The highest BCUT2D eigenvalue weighted by Crippen LogP contribution is 2.38. The second-order valence-electron chi connectivity index (χ2n) is 6.84. The molecule has 4 nitrogen and oxygen atoms in total. The lowest BCUT2D eigenvalue weighted by molar-refractivity contribution is -0.130. The number of amides is 1. The van der Waals surface area contributed by atoms with E-state index in [9.17, 15) is 4.79 Å². The van der Waals surface area contributed by atoms with Gasteiger partial charge in [-0.15, -0.1) is 0 Å². The molecule has 1 aromatic heterocycles. The van der Waals surface area contributed by atoms with Crippen LogP contribution in [0.5, 0.6) is 0 Å². The van der Waals surface area contributed by atoms with Crippen LogP contribution in [0.4, 0.5) is 0 Å². The van der Waals surface area contributed by atoms with Crippen LogP contribution in [0.2, 0.25) is 0 Å². The number of piperidine rings is 1. The molecule has 2 aliphatic rings. The lowest BCUT2D eigenvalue weighted by atomic mass is 9.85. The highest BCUT2D eigenvalue weighted by Gasteiger charge is 2.44. The van der Waals surface area contributed by atoms with E-state index in [4.69, 9.17) is 0 Å². The molecular formula is C18H23N3O. The number of H-pyrrole nitrogens is 1. The zero-order chi connectivity index (χ0) is 15.2. The zero-order valence-electron chi connectivity index (χ0n) is 13.1. The number of nitrogens with zero attached hydrogens (tertiary/aromatic N) is 2. The molecule has 22 heavy (non-hydrogen) atoms. The third-order valence-corrected chi connectivity index (χ3v) is 5.66. The smallest absolute Gasteiger partial charge is 0.222 e. The molecule has 2 aliphatic heterocycles. The number of aromatic amines is 1. The molecular weight excluding hydrogens is 274 g/mol. The van der Waals surface area contributed by atoms with Gasteiger partial charge in [0.1, 0.15) is 0 Å². The van der Waals surface area contributed by atoms with Crippen LogP contribution in [0.15, 0.2) is 30.3 Å². The Morgan fingerprint density at radius 2 is 1.95 bits per heavy atom. The molecule has 4 rings (SSSR count). The van der Waals surface area contributed by atoms with Gasteiger partial charge in [-0.3, -0.25) is 9.69 Å². The number of fused-ring (bicyclic) bond motifs is 1. The summed E-state index contributed by atoms with van der Waals surface area (Å²) in [5, 5.41) is 1.28. The van der Waals surface area contributed by atoms with Crippen molar-refractivity contribution in [1.82, 2.24) is 14.8 Å². The Kier molecular flexibility index (Phi) is 3.22. The molecule has 1 aromatic carbocycles. The minimum atomic E-state index is 0.147. The number of rotatable bonds is 2. The SMILES string of the molecule is CN1C(=O)CCC12CCN(Cc1cc3ccccc3[nH]1)CC2. The van der Waals surface area contributed by atoms with Gasteiger partial charge in [-0.05, 0) is 36.8 Å². The fourth-order valence-electron chi connectivity index (χ4n) is 4.11. The highest BCUT2D eigenvalue weighted by atomic mass is 16.2. The third-order valence-electron chi connectivity index (χ3n) is 5.66. The first-order chi connectivity index (χ1) is 10.7. The number of nitrogens with one attached hydrogen (secondary N) is 1. The van der Waals surface area contributed by atoms with Gasteiger partial charge >= 0.3 is 0 Å². The van der Waals surface area contributed by atoms with Crippen LogP contribution >= 0.6 is 0 Å². The first-order valence-electron chi connectivity index (χ1n) is 8.22. The molecule has 0 bridgehead atoms. The Morgan fingerprint density at radius 1 is 1.18 bits per heavy atom. The predicted molar refractivity (Wildman–Crippen MR) is 87.5 cm³/mol. The van der Waals surface area contributed by atoms with Crippen molar-refractivity contribution in [3.8, 4) is 0 Å². The van der Waals surface area contributed by atoms with E-state index in [-0.39, 0.29) is 5.54 Å². The third kappa shape index (κ3) is 2.22. The molecule has 0 radical (unpaired) electrons. The number of likely N-dealkylation sites (tertiary alicyclic amines) is 2. The van der Waals surface area contributed by atoms with Crippen molar-refractivity contribution in [2.75, 3.05) is 20.1 Å². The van der Waals surface area contributed by atoms with E-state index < -0.39 is 0 Å². The maximum atomic E-state index is 11.8. The first-order valence-corrected chi connectivity index (χ1v) is 8.22. The maximum absolute atomic E-state index is 11.8. The van der Waals surface area contributed by atoms with Gasteiger partial charge in [0.15, 0.2) is 0 Å². The number of carbonyl (C=O) groups is 1. The predicted octanol–water partition coefficient (Wildman–Crippen LogP) is 2.75. The zero-order valence-corrected chi connectivity index (χ0v) is 13.1. The molecule has 2 fully saturated rings. The van der Waals surface area contributed by atoms with Gasteiger partial charge in [-0.1, -0.05) is 18.2 Å². The lowest BCUT2D eigenvalue weighted by Gasteiger charge is -2.43. The van der Waals surface area contributed by atoms with Gasteiger partial charge < -0.3 is 9.88 Å². The van der Waals surface area contributed by atoms with Crippen molar-refractivity contribution < 1.29 is 4.79 Å². The summed E-state index contributed by atoms with van der Waals surface area (Å²) in [5.41, 5.74) is 2.65. The van der Waals surface area contributed by atoms with Crippen LogP contribution in [-0.4, -0.2) is 46.4 Å². The summed E-state index contributed by atoms with van der Waals surface area (Å²) >= 11 is 0. The normalized spacial score (nSPS) is 22.0. The van der Waals surface area contributed by atoms with Crippen molar-refractivity contribution in [3.05, 3.63) is 36.0 Å². The molecule has 2 aromatic rings. The number of hydrogen-bond donors (Lipinski definition) is 1. The van der Waals surface area contributed by atoms with Crippen LogP contribution in [0.25, 0.3) is 10.9 Å². The molecule has 0 atom stereocenters. The molecule has 1 amide bonds. The molecule has 1 spiro atoms. The van der Waals surface area contributed by atoms with E-state index in [0.29, 0.717) is 5.91 Å². The van der Waals surface area contributed by atoms with E-state index in [2.05, 4.69) is 40.2 Å². The summed E-state index contributed by atoms with van der Waals surface area (Å²) in [6.45, 7) is 3.13.